The van der Waals surface area contributed by atoms with Crippen molar-refractivity contribution in [2.24, 2.45) is 5.92 Å². The number of amides is 1. The topological polar surface area (TPSA) is 80.7 Å². The number of hydrogen-bond donors (Lipinski definition) is 2. The molecule has 2 atom stereocenters. The number of benzene rings is 1. The molecule has 1 aromatic carbocycles. The van der Waals surface area contributed by atoms with Crippen molar-refractivity contribution in [1.29, 1.82) is 0 Å². The largest absolute Gasteiger partial charge is 0.493 e. The highest BCUT2D eigenvalue weighted by Gasteiger charge is 2.18. The number of aliphatic hydroxyl groups is 1. The number of nitrogens with zero attached hydrogens (tertiary/aromatic N) is 1. The lowest BCUT2D eigenvalue weighted by molar-refractivity contribution is -0.121. The molecular formula is C19H26N2O4S. The Balaban J connectivity index is 2.07. The highest BCUT2D eigenvalue weighted by atomic mass is 32.1. The van der Waals surface area contributed by atoms with Crippen LogP contribution in [0.4, 0.5) is 0 Å². The monoisotopic (exact) mass is 378 g/mol. The summed E-state index contributed by atoms with van der Waals surface area (Å²) < 4.78 is 10.6. The first-order valence-electron chi connectivity index (χ1n) is 8.59. The Kier molecular flexibility index (Phi) is 7.41. The Hall–Kier alpha value is -2.12. The van der Waals surface area contributed by atoms with E-state index in [9.17, 15) is 9.90 Å². The molecule has 26 heavy (non-hydrogen) atoms. The van der Waals surface area contributed by atoms with Gasteiger partial charge in [-0.15, -0.1) is 11.3 Å². The zero-order valence-electron chi connectivity index (χ0n) is 15.6. The summed E-state index contributed by atoms with van der Waals surface area (Å²) in [6.45, 7) is 3.99. The molecule has 2 N–H and O–H groups in total. The maximum absolute atomic E-state index is 12.2. The summed E-state index contributed by atoms with van der Waals surface area (Å²) in [6.07, 6.45) is 1.09. The minimum atomic E-state index is -0.226. The van der Waals surface area contributed by atoms with E-state index in [0.717, 1.165) is 17.0 Å². The number of hydrogen-bond acceptors (Lipinski definition) is 6. The van der Waals surface area contributed by atoms with Gasteiger partial charge in [-0.1, -0.05) is 20.3 Å². The van der Waals surface area contributed by atoms with Crippen LogP contribution in [0.3, 0.4) is 0 Å². The molecule has 6 nitrogen and oxygen atoms in total. The first kappa shape index (κ1) is 20.2. The highest BCUT2D eigenvalue weighted by Crippen LogP contribution is 2.33. The Bertz CT molecular complexity index is 732. The molecule has 0 aliphatic rings. The van der Waals surface area contributed by atoms with Crippen LogP contribution in [0.1, 0.15) is 26.0 Å². The van der Waals surface area contributed by atoms with Gasteiger partial charge in [0.15, 0.2) is 11.5 Å². The maximum atomic E-state index is 12.2. The van der Waals surface area contributed by atoms with Crippen LogP contribution in [0.2, 0.25) is 0 Å². The first-order valence-corrected chi connectivity index (χ1v) is 9.47. The molecule has 0 spiro atoms. The van der Waals surface area contributed by atoms with E-state index in [4.69, 9.17) is 9.47 Å². The molecule has 0 aliphatic carbocycles. The predicted molar refractivity (Wildman–Crippen MR) is 103 cm³/mol. The lowest BCUT2D eigenvalue weighted by Gasteiger charge is -2.21. The quantitative estimate of drug-likeness (QED) is 0.701. The number of thiazole rings is 1. The van der Waals surface area contributed by atoms with E-state index in [-0.39, 0.29) is 30.9 Å². The highest BCUT2D eigenvalue weighted by molar-refractivity contribution is 7.13. The number of carbonyl (C=O) groups excluding carboxylic acids is 1. The number of aliphatic hydroxyl groups excluding tert-OH is 1. The smallest absolute Gasteiger partial charge is 0.226 e. The molecule has 1 amide bonds. The number of rotatable bonds is 9. The van der Waals surface area contributed by atoms with Gasteiger partial charge in [-0.05, 0) is 24.1 Å². The van der Waals surface area contributed by atoms with Gasteiger partial charge in [0, 0.05) is 10.9 Å². The molecular weight excluding hydrogens is 352 g/mol. The van der Waals surface area contributed by atoms with E-state index in [1.165, 1.54) is 11.3 Å². The Morgan fingerprint density at radius 3 is 2.65 bits per heavy atom. The average Bonchev–Trinajstić information content (AvgIpc) is 3.13. The minimum absolute atomic E-state index is 0.0608. The Morgan fingerprint density at radius 2 is 2.04 bits per heavy atom. The molecule has 0 radical (unpaired) electrons. The van der Waals surface area contributed by atoms with Crippen LogP contribution in [0.25, 0.3) is 10.6 Å². The molecule has 0 bridgehead atoms. The van der Waals surface area contributed by atoms with Crippen molar-refractivity contribution >= 4 is 17.2 Å². The van der Waals surface area contributed by atoms with Crippen LogP contribution < -0.4 is 14.8 Å². The van der Waals surface area contributed by atoms with Gasteiger partial charge in [-0.3, -0.25) is 4.79 Å². The van der Waals surface area contributed by atoms with Crippen LogP contribution in [-0.4, -0.2) is 42.9 Å². The Morgan fingerprint density at radius 1 is 1.31 bits per heavy atom. The molecule has 2 aromatic rings. The Labute approximate surface area is 158 Å². The summed E-state index contributed by atoms with van der Waals surface area (Å²) in [5, 5.41) is 15.0. The molecule has 2 rings (SSSR count). The summed E-state index contributed by atoms with van der Waals surface area (Å²) in [4.78, 5) is 16.8. The SMILES string of the molecule is CC[C@H](C)[C@@H](CO)NC(=O)Cc1csc(-c2ccc(OC)c(OC)c2)n1. The van der Waals surface area contributed by atoms with E-state index < -0.39 is 0 Å². The molecule has 0 aliphatic heterocycles. The van der Waals surface area contributed by atoms with Crippen molar-refractivity contribution in [2.45, 2.75) is 32.7 Å². The number of carbonyl (C=O) groups is 1. The molecule has 0 fully saturated rings. The van der Waals surface area contributed by atoms with Gasteiger partial charge in [0.25, 0.3) is 0 Å². The fourth-order valence-corrected chi connectivity index (χ4v) is 3.38. The standard InChI is InChI=1S/C19H26N2O4S/c1-5-12(2)15(10-22)21-18(23)9-14-11-26-19(20-14)13-6-7-16(24-3)17(8-13)25-4/h6-8,11-12,15,22H,5,9-10H2,1-4H3,(H,21,23)/t12-,15+/m0/s1. The molecule has 7 heteroatoms. The van der Waals surface area contributed by atoms with E-state index in [1.807, 2.05) is 37.4 Å². The average molecular weight is 378 g/mol. The van der Waals surface area contributed by atoms with Gasteiger partial charge in [0.05, 0.1) is 39.0 Å². The summed E-state index contributed by atoms with van der Waals surface area (Å²) in [7, 11) is 3.19. The lowest BCUT2D eigenvalue weighted by Crippen LogP contribution is -2.42. The second-order valence-corrected chi connectivity index (χ2v) is 6.99. The fraction of sp³-hybridized carbons (Fsp3) is 0.474. The number of ether oxygens (including phenoxy) is 2. The van der Waals surface area contributed by atoms with E-state index in [0.29, 0.717) is 17.2 Å². The molecule has 1 heterocycles. The van der Waals surface area contributed by atoms with Crippen LogP contribution in [0.5, 0.6) is 11.5 Å². The molecule has 1 aromatic heterocycles. The van der Waals surface area contributed by atoms with Crippen molar-refractivity contribution in [1.82, 2.24) is 10.3 Å². The van der Waals surface area contributed by atoms with Gasteiger partial charge >= 0.3 is 0 Å². The van der Waals surface area contributed by atoms with Crippen molar-refractivity contribution in [3.63, 3.8) is 0 Å². The van der Waals surface area contributed by atoms with Crippen molar-refractivity contribution < 1.29 is 19.4 Å². The van der Waals surface area contributed by atoms with Crippen molar-refractivity contribution in [3.8, 4) is 22.1 Å². The van der Waals surface area contributed by atoms with E-state index in [1.54, 1.807) is 14.2 Å². The van der Waals surface area contributed by atoms with Crippen LogP contribution >= 0.6 is 11.3 Å². The third-order valence-electron chi connectivity index (χ3n) is 4.40. The second kappa shape index (κ2) is 9.54. The van der Waals surface area contributed by atoms with Gasteiger partial charge in [-0.25, -0.2) is 4.98 Å². The third-order valence-corrected chi connectivity index (χ3v) is 5.34. The maximum Gasteiger partial charge on any atom is 0.226 e. The fourth-order valence-electron chi connectivity index (χ4n) is 2.56. The summed E-state index contributed by atoms with van der Waals surface area (Å²) >= 11 is 1.48. The van der Waals surface area contributed by atoms with E-state index in [2.05, 4.69) is 10.3 Å². The summed E-state index contributed by atoms with van der Waals surface area (Å²) in [5.41, 5.74) is 1.62. The van der Waals surface area contributed by atoms with Gasteiger partial charge < -0.3 is 19.9 Å². The van der Waals surface area contributed by atoms with E-state index >= 15 is 0 Å². The normalized spacial score (nSPS) is 13.1. The molecule has 0 saturated carbocycles. The number of nitrogens with one attached hydrogen (secondary N) is 1. The van der Waals surface area contributed by atoms with Crippen LogP contribution in [0.15, 0.2) is 23.6 Å². The molecule has 142 valence electrons. The van der Waals surface area contributed by atoms with Crippen LogP contribution in [0, 0.1) is 5.92 Å². The second-order valence-electron chi connectivity index (χ2n) is 6.13. The zero-order chi connectivity index (χ0) is 19.1. The summed E-state index contributed by atoms with van der Waals surface area (Å²) in [5.74, 6) is 1.39. The number of methoxy groups -OCH3 is 2. The number of aromatic nitrogens is 1. The molecule has 0 saturated heterocycles. The van der Waals surface area contributed by atoms with Crippen molar-refractivity contribution in [3.05, 3.63) is 29.3 Å². The van der Waals surface area contributed by atoms with Gasteiger partial charge in [-0.2, -0.15) is 0 Å². The minimum Gasteiger partial charge on any atom is -0.493 e. The van der Waals surface area contributed by atoms with Crippen molar-refractivity contribution in [2.75, 3.05) is 20.8 Å². The lowest BCUT2D eigenvalue weighted by atomic mass is 10.00. The molecule has 0 unspecified atom stereocenters. The predicted octanol–water partition coefficient (Wildman–Crippen LogP) is 2.89. The first-order chi connectivity index (χ1) is 12.5. The van der Waals surface area contributed by atoms with Gasteiger partial charge in [0.1, 0.15) is 5.01 Å². The summed E-state index contributed by atoms with van der Waals surface area (Å²) in [6, 6.07) is 5.39. The van der Waals surface area contributed by atoms with Crippen LogP contribution in [-0.2, 0) is 11.2 Å². The third kappa shape index (κ3) is 4.95. The van der Waals surface area contributed by atoms with Gasteiger partial charge in [0.2, 0.25) is 5.91 Å². The zero-order valence-corrected chi connectivity index (χ0v) is 16.4.